The highest BCUT2D eigenvalue weighted by molar-refractivity contribution is 8.18. The average Bonchev–Trinajstić information content (AvgIpc) is 3.27. The molecule has 1 aromatic heterocycles. The Morgan fingerprint density at radius 3 is 2.28 bits per heavy atom. The number of hydrogen-bond donors (Lipinski definition) is 0. The van der Waals surface area contributed by atoms with E-state index in [1.54, 1.807) is 0 Å². The zero-order valence-electron chi connectivity index (χ0n) is 16.6. The summed E-state index contributed by atoms with van der Waals surface area (Å²) in [6.07, 6.45) is 1.92. The minimum atomic E-state index is -0.168. The first-order chi connectivity index (χ1) is 13.8. The molecule has 29 heavy (non-hydrogen) atoms. The number of carbonyl (C=O) groups is 1. The number of piperazine rings is 1. The molecule has 0 bridgehead atoms. The number of anilines is 1. The molecule has 0 unspecified atom stereocenters. The first kappa shape index (κ1) is 20.4. The van der Waals surface area contributed by atoms with Gasteiger partial charge in [0, 0.05) is 26.2 Å². The van der Waals surface area contributed by atoms with Crippen molar-refractivity contribution in [1.29, 1.82) is 0 Å². The van der Waals surface area contributed by atoms with Crippen LogP contribution in [0.3, 0.4) is 0 Å². The van der Waals surface area contributed by atoms with Gasteiger partial charge in [0.2, 0.25) is 0 Å². The first-order valence-electron chi connectivity index (χ1n) is 9.42. The fourth-order valence-electron chi connectivity index (χ4n) is 3.24. The fourth-order valence-corrected chi connectivity index (χ4v) is 4.98. The predicted molar refractivity (Wildman–Crippen MR) is 122 cm³/mol. The molecule has 0 aliphatic carbocycles. The lowest BCUT2D eigenvalue weighted by atomic mass is 9.87. The van der Waals surface area contributed by atoms with Crippen LogP contribution in [0.25, 0.3) is 6.08 Å². The van der Waals surface area contributed by atoms with E-state index in [1.807, 2.05) is 6.08 Å². The molecule has 3 heterocycles. The monoisotopic (exact) mass is 447 g/mol. The standard InChI is InChI=1S/C20H22ClN5OS2/c1-20(2,3)14-6-4-13(5-7-14)12-15-18(27)22-19(28-15)26-10-8-25(9-11-26)17-16(21)23-29-24-17/h4-7,12H,8-11H2,1-3H3. The summed E-state index contributed by atoms with van der Waals surface area (Å²) in [5.74, 6) is 0.576. The molecule has 4 rings (SSSR count). The van der Waals surface area contributed by atoms with Gasteiger partial charge in [-0.3, -0.25) is 4.79 Å². The Labute approximate surface area is 184 Å². The number of aromatic nitrogens is 2. The number of benzene rings is 1. The molecular formula is C20H22ClN5OS2. The van der Waals surface area contributed by atoms with E-state index in [-0.39, 0.29) is 11.3 Å². The van der Waals surface area contributed by atoms with E-state index in [2.05, 4.69) is 68.6 Å². The van der Waals surface area contributed by atoms with Gasteiger partial charge in [0.25, 0.3) is 5.91 Å². The minimum Gasteiger partial charge on any atom is -0.350 e. The summed E-state index contributed by atoms with van der Waals surface area (Å²) in [6, 6.07) is 8.36. The summed E-state index contributed by atoms with van der Waals surface area (Å²) in [5.41, 5.74) is 2.40. The lowest BCUT2D eigenvalue weighted by Gasteiger charge is -2.35. The van der Waals surface area contributed by atoms with Crippen molar-refractivity contribution in [3.63, 3.8) is 0 Å². The Kier molecular flexibility index (Phi) is 5.68. The second-order valence-corrected chi connectivity index (χ2v) is 9.93. The van der Waals surface area contributed by atoms with Crippen LogP contribution in [0.4, 0.5) is 5.82 Å². The van der Waals surface area contributed by atoms with Crippen LogP contribution in [0.1, 0.15) is 31.9 Å². The Balaban J connectivity index is 1.40. The minimum absolute atomic E-state index is 0.112. The van der Waals surface area contributed by atoms with Crippen LogP contribution in [-0.2, 0) is 10.2 Å². The number of aliphatic imine (C=N–C) groups is 1. The number of halogens is 1. The number of hydrogen-bond acceptors (Lipinski definition) is 7. The second kappa shape index (κ2) is 8.08. The van der Waals surface area contributed by atoms with Crippen molar-refractivity contribution in [2.75, 3.05) is 31.1 Å². The lowest BCUT2D eigenvalue weighted by molar-refractivity contribution is -0.113. The largest absolute Gasteiger partial charge is 0.350 e. The third kappa shape index (κ3) is 4.49. The van der Waals surface area contributed by atoms with Crippen LogP contribution in [0.5, 0.6) is 0 Å². The molecule has 1 fully saturated rings. The molecule has 0 spiro atoms. The lowest BCUT2D eigenvalue weighted by Crippen LogP contribution is -2.48. The van der Waals surface area contributed by atoms with E-state index >= 15 is 0 Å². The SMILES string of the molecule is CC(C)(C)c1ccc(C=C2SC(N3CCN(c4nsnc4Cl)CC3)=NC2=O)cc1. The van der Waals surface area contributed by atoms with Crippen molar-refractivity contribution < 1.29 is 4.79 Å². The topological polar surface area (TPSA) is 61.7 Å². The van der Waals surface area contributed by atoms with E-state index in [9.17, 15) is 4.79 Å². The maximum absolute atomic E-state index is 12.4. The summed E-state index contributed by atoms with van der Waals surface area (Å²) < 4.78 is 8.29. The Hall–Kier alpha value is -1.90. The summed E-state index contributed by atoms with van der Waals surface area (Å²) in [7, 11) is 0. The number of amidine groups is 1. The van der Waals surface area contributed by atoms with Gasteiger partial charge in [-0.05, 0) is 34.4 Å². The summed E-state index contributed by atoms with van der Waals surface area (Å²) in [5, 5.41) is 1.23. The fraction of sp³-hybridized carbons (Fsp3) is 0.400. The number of thioether (sulfide) groups is 1. The zero-order chi connectivity index (χ0) is 20.6. The molecule has 0 saturated carbocycles. The van der Waals surface area contributed by atoms with Gasteiger partial charge in [0.05, 0.1) is 16.6 Å². The number of amides is 1. The van der Waals surface area contributed by atoms with Gasteiger partial charge in [0.1, 0.15) is 0 Å². The third-order valence-corrected chi connectivity index (χ3v) is 6.88. The Bertz CT molecular complexity index is 970. The smallest absolute Gasteiger partial charge is 0.286 e. The van der Waals surface area contributed by atoms with Crippen molar-refractivity contribution in [2.45, 2.75) is 26.2 Å². The van der Waals surface area contributed by atoms with E-state index in [0.717, 1.165) is 54.5 Å². The summed E-state index contributed by atoms with van der Waals surface area (Å²) >= 11 is 8.66. The first-order valence-corrected chi connectivity index (χ1v) is 11.3. The maximum atomic E-state index is 12.4. The number of nitrogens with zero attached hydrogens (tertiary/aromatic N) is 5. The van der Waals surface area contributed by atoms with Gasteiger partial charge in [-0.25, -0.2) is 0 Å². The predicted octanol–water partition coefficient (Wildman–Crippen LogP) is 4.28. The van der Waals surface area contributed by atoms with Crippen LogP contribution in [0, 0.1) is 0 Å². The second-order valence-electron chi connectivity index (χ2n) is 8.03. The molecule has 6 nitrogen and oxygen atoms in total. The summed E-state index contributed by atoms with van der Waals surface area (Å²) in [6.45, 7) is 9.64. The molecule has 1 amide bonds. The molecule has 1 aromatic carbocycles. The molecule has 0 radical (unpaired) electrons. The molecule has 2 aromatic rings. The normalized spacial score (nSPS) is 19.2. The van der Waals surface area contributed by atoms with Gasteiger partial charge in [0.15, 0.2) is 16.1 Å². The van der Waals surface area contributed by atoms with Crippen molar-refractivity contribution in [3.8, 4) is 0 Å². The highest BCUT2D eigenvalue weighted by Crippen LogP contribution is 2.32. The molecule has 152 valence electrons. The Morgan fingerprint density at radius 1 is 1.03 bits per heavy atom. The molecular weight excluding hydrogens is 426 g/mol. The summed E-state index contributed by atoms with van der Waals surface area (Å²) in [4.78, 5) is 21.6. The highest BCUT2D eigenvalue weighted by Gasteiger charge is 2.29. The average molecular weight is 448 g/mol. The van der Waals surface area contributed by atoms with E-state index in [0.29, 0.717) is 10.1 Å². The van der Waals surface area contributed by atoms with Gasteiger partial charge < -0.3 is 9.80 Å². The van der Waals surface area contributed by atoms with Crippen LogP contribution in [0.2, 0.25) is 5.15 Å². The van der Waals surface area contributed by atoms with Crippen molar-refractivity contribution in [3.05, 3.63) is 45.5 Å². The molecule has 0 atom stereocenters. The third-order valence-electron chi connectivity index (χ3n) is 4.97. The molecule has 1 saturated heterocycles. The van der Waals surface area contributed by atoms with Crippen LogP contribution < -0.4 is 4.90 Å². The molecule has 2 aliphatic rings. The molecule has 9 heteroatoms. The van der Waals surface area contributed by atoms with Crippen LogP contribution in [-0.4, -0.2) is 50.9 Å². The maximum Gasteiger partial charge on any atom is 0.286 e. The molecule has 2 aliphatic heterocycles. The number of rotatable bonds is 2. The zero-order valence-corrected chi connectivity index (χ0v) is 18.9. The van der Waals surface area contributed by atoms with Crippen LogP contribution >= 0.6 is 35.1 Å². The van der Waals surface area contributed by atoms with E-state index in [1.165, 1.54) is 17.3 Å². The van der Waals surface area contributed by atoms with Crippen LogP contribution in [0.15, 0.2) is 34.2 Å². The molecule has 0 N–H and O–H groups in total. The van der Waals surface area contributed by atoms with Crippen molar-refractivity contribution in [1.82, 2.24) is 13.6 Å². The Morgan fingerprint density at radius 2 is 1.69 bits per heavy atom. The van der Waals surface area contributed by atoms with Crippen molar-refractivity contribution in [2.24, 2.45) is 4.99 Å². The highest BCUT2D eigenvalue weighted by atomic mass is 35.5. The number of carbonyl (C=O) groups excluding carboxylic acids is 1. The van der Waals surface area contributed by atoms with E-state index in [4.69, 9.17) is 11.6 Å². The van der Waals surface area contributed by atoms with Gasteiger partial charge in [-0.15, -0.1) is 0 Å². The van der Waals surface area contributed by atoms with Crippen molar-refractivity contribution >= 4 is 58.1 Å². The van der Waals surface area contributed by atoms with Gasteiger partial charge in [-0.2, -0.15) is 13.7 Å². The quantitative estimate of drug-likeness (QED) is 0.640. The van der Waals surface area contributed by atoms with Gasteiger partial charge >= 0.3 is 0 Å². The van der Waals surface area contributed by atoms with E-state index < -0.39 is 0 Å². The van der Waals surface area contributed by atoms with Gasteiger partial charge in [-0.1, -0.05) is 56.6 Å².